The molecule has 0 saturated carbocycles. The molecule has 0 spiro atoms. The van der Waals surface area contributed by atoms with Crippen LogP contribution in [-0.2, 0) is 6.54 Å². The maximum atomic E-state index is 5.36. The van der Waals surface area contributed by atoms with Gasteiger partial charge in [-0.05, 0) is 31.2 Å². The van der Waals surface area contributed by atoms with Crippen LogP contribution in [0.5, 0.6) is 5.75 Å². The largest absolute Gasteiger partial charge is 0.497 e. The Labute approximate surface area is 124 Å². The maximum absolute atomic E-state index is 5.36. The van der Waals surface area contributed by atoms with Crippen molar-refractivity contribution in [1.82, 2.24) is 20.4 Å². The third-order valence-electron chi connectivity index (χ3n) is 3.63. The molecule has 0 unspecified atom stereocenters. The minimum atomic E-state index is 0.503. The Hall–Kier alpha value is -1.92. The second-order valence-corrected chi connectivity index (χ2v) is 5.33. The van der Waals surface area contributed by atoms with E-state index in [-0.39, 0.29) is 0 Å². The highest BCUT2D eigenvalue weighted by atomic mass is 16.5. The van der Waals surface area contributed by atoms with E-state index >= 15 is 0 Å². The van der Waals surface area contributed by atoms with Gasteiger partial charge in [-0.3, -0.25) is 4.90 Å². The first-order chi connectivity index (χ1) is 10.2. The first kappa shape index (κ1) is 14.0. The highest BCUT2D eigenvalue weighted by Crippen LogP contribution is 2.20. The van der Waals surface area contributed by atoms with Gasteiger partial charge in [-0.1, -0.05) is 5.16 Å². The molecule has 1 atom stereocenters. The summed E-state index contributed by atoms with van der Waals surface area (Å²) in [6.45, 7) is 5.89. The molecule has 6 heteroatoms. The number of piperazine rings is 1. The number of hydrogen-bond acceptors (Lipinski definition) is 6. The quantitative estimate of drug-likeness (QED) is 0.920. The summed E-state index contributed by atoms with van der Waals surface area (Å²) in [6.07, 6.45) is 0. The Morgan fingerprint density at radius 3 is 2.90 bits per heavy atom. The number of nitrogens with zero attached hydrogens (tertiary/aromatic N) is 3. The van der Waals surface area contributed by atoms with Gasteiger partial charge in [0.15, 0.2) is 0 Å². The van der Waals surface area contributed by atoms with Crippen molar-refractivity contribution >= 4 is 0 Å². The summed E-state index contributed by atoms with van der Waals surface area (Å²) < 4.78 is 10.5. The molecule has 1 aliphatic rings. The first-order valence-electron chi connectivity index (χ1n) is 7.17. The lowest BCUT2D eigenvalue weighted by Gasteiger charge is -2.30. The van der Waals surface area contributed by atoms with Gasteiger partial charge in [0.2, 0.25) is 11.7 Å². The van der Waals surface area contributed by atoms with Gasteiger partial charge >= 0.3 is 0 Å². The van der Waals surface area contributed by atoms with Crippen molar-refractivity contribution in [2.24, 2.45) is 0 Å². The second-order valence-electron chi connectivity index (χ2n) is 5.33. The molecule has 0 radical (unpaired) electrons. The van der Waals surface area contributed by atoms with Gasteiger partial charge in [0.05, 0.1) is 13.7 Å². The highest BCUT2D eigenvalue weighted by molar-refractivity contribution is 5.55. The summed E-state index contributed by atoms with van der Waals surface area (Å²) in [4.78, 5) is 6.80. The molecule has 1 fully saturated rings. The van der Waals surface area contributed by atoms with E-state index in [9.17, 15) is 0 Å². The predicted molar refractivity (Wildman–Crippen MR) is 79.0 cm³/mol. The van der Waals surface area contributed by atoms with Crippen LogP contribution in [-0.4, -0.2) is 47.8 Å². The lowest BCUT2D eigenvalue weighted by molar-refractivity contribution is 0.177. The smallest absolute Gasteiger partial charge is 0.241 e. The van der Waals surface area contributed by atoms with Gasteiger partial charge in [-0.15, -0.1) is 0 Å². The Kier molecular flexibility index (Phi) is 4.17. The van der Waals surface area contributed by atoms with E-state index < -0.39 is 0 Å². The van der Waals surface area contributed by atoms with Crippen LogP contribution < -0.4 is 10.1 Å². The average Bonchev–Trinajstić information content (AvgIpc) is 2.96. The summed E-state index contributed by atoms with van der Waals surface area (Å²) in [5, 5.41) is 7.48. The van der Waals surface area contributed by atoms with Crippen molar-refractivity contribution in [3.63, 3.8) is 0 Å². The molecule has 1 saturated heterocycles. The summed E-state index contributed by atoms with van der Waals surface area (Å²) in [6, 6.07) is 8.15. The van der Waals surface area contributed by atoms with E-state index in [0.29, 0.717) is 24.3 Å². The SMILES string of the molecule is COc1ccc(-c2noc(CN3CCN[C@H](C)C3)n2)cc1. The van der Waals surface area contributed by atoms with Crippen LogP contribution in [0.4, 0.5) is 0 Å². The van der Waals surface area contributed by atoms with Crippen LogP contribution in [0.15, 0.2) is 28.8 Å². The lowest BCUT2D eigenvalue weighted by Crippen LogP contribution is -2.48. The zero-order valence-corrected chi connectivity index (χ0v) is 12.4. The minimum absolute atomic E-state index is 0.503. The molecule has 3 rings (SSSR count). The normalized spacial score (nSPS) is 19.6. The molecule has 0 amide bonds. The number of ether oxygens (including phenoxy) is 1. The molecule has 1 aromatic heterocycles. The monoisotopic (exact) mass is 288 g/mol. The van der Waals surface area contributed by atoms with Gasteiger partial charge < -0.3 is 14.6 Å². The number of benzene rings is 1. The standard InChI is InChI=1S/C15H20N4O2/c1-11-9-19(8-7-16-11)10-14-17-15(18-21-14)12-3-5-13(20-2)6-4-12/h3-6,11,16H,7-10H2,1-2H3/t11-/m1/s1. The topological polar surface area (TPSA) is 63.4 Å². The van der Waals surface area contributed by atoms with Gasteiger partial charge in [0.25, 0.3) is 0 Å². The van der Waals surface area contributed by atoms with Crippen molar-refractivity contribution in [3.05, 3.63) is 30.2 Å². The molecular weight excluding hydrogens is 268 g/mol. The molecule has 2 heterocycles. The van der Waals surface area contributed by atoms with Gasteiger partial charge in [0.1, 0.15) is 5.75 Å². The third-order valence-corrected chi connectivity index (χ3v) is 3.63. The van der Waals surface area contributed by atoms with E-state index in [1.807, 2.05) is 24.3 Å². The van der Waals surface area contributed by atoms with Crippen LogP contribution >= 0.6 is 0 Å². The predicted octanol–water partition coefficient (Wildman–Crippen LogP) is 1.54. The molecule has 1 aliphatic heterocycles. The Balaban J connectivity index is 1.67. The molecule has 2 aromatic rings. The van der Waals surface area contributed by atoms with Crippen LogP contribution in [0.2, 0.25) is 0 Å². The fourth-order valence-electron chi connectivity index (χ4n) is 2.52. The summed E-state index contributed by atoms with van der Waals surface area (Å²) in [7, 11) is 1.65. The van der Waals surface area contributed by atoms with E-state index in [1.165, 1.54) is 0 Å². The van der Waals surface area contributed by atoms with Gasteiger partial charge in [0, 0.05) is 31.2 Å². The van der Waals surface area contributed by atoms with Crippen molar-refractivity contribution in [2.75, 3.05) is 26.7 Å². The molecule has 6 nitrogen and oxygen atoms in total. The maximum Gasteiger partial charge on any atom is 0.241 e. The van der Waals surface area contributed by atoms with Crippen molar-refractivity contribution < 1.29 is 9.26 Å². The summed E-state index contributed by atoms with van der Waals surface area (Å²) in [5.74, 6) is 2.10. The number of hydrogen-bond donors (Lipinski definition) is 1. The van der Waals surface area contributed by atoms with Gasteiger partial charge in [-0.2, -0.15) is 4.98 Å². The molecule has 112 valence electrons. The number of nitrogens with one attached hydrogen (secondary N) is 1. The molecule has 1 aromatic carbocycles. The van der Waals surface area contributed by atoms with E-state index in [0.717, 1.165) is 30.9 Å². The first-order valence-corrected chi connectivity index (χ1v) is 7.17. The third kappa shape index (κ3) is 3.40. The average molecular weight is 288 g/mol. The van der Waals surface area contributed by atoms with E-state index in [4.69, 9.17) is 9.26 Å². The molecular formula is C15H20N4O2. The van der Waals surface area contributed by atoms with Gasteiger partial charge in [-0.25, -0.2) is 0 Å². The van der Waals surface area contributed by atoms with E-state index in [1.54, 1.807) is 7.11 Å². The van der Waals surface area contributed by atoms with Crippen molar-refractivity contribution in [3.8, 4) is 17.1 Å². The molecule has 0 bridgehead atoms. The number of aromatic nitrogens is 2. The Morgan fingerprint density at radius 1 is 1.38 bits per heavy atom. The van der Waals surface area contributed by atoms with E-state index in [2.05, 4.69) is 27.3 Å². The van der Waals surface area contributed by atoms with Crippen LogP contribution in [0.25, 0.3) is 11.4 Å². The Morgan fingerprint density at radius 2 is 2.19 bits per heavy atom. The number of methoxy groups -OCH3 is 1. The minimum Gasteiger partial charge on any atom is -0.497 e. The zero-order chi connectivity index (χ0) is 14.7. The fourth-order valence-corrected chi connectivity index (χ4v) is 2.52. The molecule has 1 N–H and O–H groups in total. The van der Waals surface area contributed by atoms with Crippen LogP contribution in [0.3, 0.4) is 0 Å². The summed E-state index contributed by atoms with van der Waals surface area (Å²) in [5.41, 5.74) is 0.930. The van der Waals surface area contributed by atoms with Crippen LogP contribution in [0, 0.1) is 0 Å². The van der Waals surface area contributed by atoms with Crippen LogP contribution in [0.1, 0.15) is 12.8 Å². The zero-order valence-electron chi connectivity index (χ0n) is 12.4. The lowest BCUT2D eigenvalue weighted by atomic mass is 10.2. The summed E-state index contributed by atoms with van der Waals surface area (Å²) >= 11 is 0. The highest BCUT2D eigenvalue weighted by Gasteiger charge is 2.18. The number of rotatable bonds is 4. The molecule has 21 heavy (non-hydrogen) atoms. The van der Waals surface area contributed by atoms with Crippen molar-refractivity contribution in [1.29, 1.82) is 0 Å². The fraction of sp³-hybridized carbons (Fsp3) is 0.467. The Bertz CT molecular complexity index is 582. The molecule has 0 aliphatic carbocycles. The van der Waals surface area contributed by atoms with Crippen molar-refractivity contribution in [2.45, 2.75) is 19.5 Å². The second kappa shape index (κ2) is 6.24.